The summed E-state index contributed by atoms with van der Waals surface area (Å²) in [5.74, 6) is 1.48. The Morgan fingerprint density at radius 2 is 1.85 bits per heavy atom. The molecular weight excluding hydrogens is 362 g/mol. The lowest BCUT2D eigenvalue weighted by Gasteiger charge is -2.33. The van der Waals surface area contributed by atoms with Crippen molar-refractivity contribution in [3.8, 4) is 16.9 Å². The Bertz CT molecular complexity index is 781. The molecule has 1 aliphatic rings. The number of carbonyl (C=O) groups excluding carboxylic acids is 2. The minimum absolute atomic E-state index is 0.107. The minimum atomic E-state index is -0.538. The first kappa shape index (κ1) is 19.3. The largest absolute Gasteiger partial charge is 0.483 e. The highest BCUT2D eigenvalue weighted by atomic mass is 32.2. The molecule has 0 bridgehead atoms. The van der Waals surface area contributed by atoms with Crippen LogP contribution in [0, 0.1) is 0 Å². The van der Waals surface area contributed by atoms with Crippen LogP contribution < -0.4 is 4.74 Å². The van der Waals surface area contributed by atoms with Crippen LogP contribution in [-0.4, -0.2) is 54.1 Å². The average Bonchev–Trinajstić information content (AvgIpc) is 2.73. The second kappa shape index (κ2) is 9.46. The van der Waals surface area contributed by atoms with Crippen LogP contribution in [0.2, 0.25) is 0 Å². The van der Waals surface area contributed by atoms with Gasteiger partial charge >= 0.3 is 5.97 Å². The van der Waals surface area contributed by atoms with E-state index in [1.54, 1.807) is 23.6 Å². The molecule has 0 aliphatic carbocycles. The van der Waals surface area contributed by atoms with Crippen LogP contribution in [0.15, 0.2) is 54.6 Å². The molecule has 0 saturated carbocycles. The van der Waals surface area contributed by atoms with Crippen molar-refractivity contribution in [1.82, 2.24) is 4.90 Å². The van der Waals surface area contributed by atoms with Crippen molar-refractivity contribution in [2.24, 2.45) is 0 Å². The van der Waals surface area contributed by atoms with E-state index in [4.69, 9.17) is 9.47 Å². The molecular formula is C21H23NO4S. The summed E-state index contributed by atoms with van der Waals surface area (Å²) in [7, 11) is 0. The Balaban J connectivity index is 1.69. The van der Waals surface area contributed by atoms with E-state index >= 15 is 0 Å². The number of amides is 1. The van der Waals surface area contributed by atoms with Crippen LogP contribution in [0.25, 0.3) is 11.1 Å². The molecule has 0 N–H and O–H groups in total. The Kier molecular flexibility index (Phi) is 6.76. The second-order valence-electron chi connectivity index (χ2n) is 6.08. The van der Waals surface area contributed by atoms with Gasteiger partial charge in [0.1, 0.15) is 11.8 Å². The minimum Gasteiger partial charge on any atom is -0.483 e. The molecule has 27 heavy (non-hydrogen) atoms. The number of ether oxygens (including phenoxy) is 2. The van der Waals surface area contributed by atoms with E-state index in [1.165, 1.54) is 0 Å². The summed E-state index contributed by atoms with van der Waals surface area (Å²) in [6.07, 6.45) is 0. The van der Waals surface area contributed by atoms with Crippen molar-refractivity contribution in [1.29, 1.82) is 0 Å². The van der Waals surface area contributed by atoms with E-state index in [-0.39, 0.29) is 18.5 Å². The predicted octanol–water partition coefficient (Wildman–Crippen LogP) is 3.24. The van der Waals surface area contributed by atoms with Gasteiger partial charge in [0.25, 0.3) is 5.91 Å². The summed E-state index contributed by atoms with van der Waals surface area (Å²) >= 11 is 1.66. The van der Waals surface area contributed by atoms with Gasteiger partial charge in [-0.25, -0.2) is 4.79 Å². The zero-order valence-corrected chi connectivity index (χ0v) is 16.1. The molecule has 3 rings (SSSR count). The maximum Gasteiger partial charge on any atom is 0.329 e. The van der Waals surface area contributed by atoms with Crippen molar-refractivity contribution in [3.05, 3.63) is 54.6 Å². The molecule has 1 heterocycles. The first-order chi connectivity index (χ1) is 13.2. The van der Waals surface area contributed by atoms with E-state index in [0.29, 0.717) is 24.7 Å². The first-order valence-corrected chi connectivity index (χ1v) is 10.2. The smallest absolute Gasteiger partial charge is 0.329 e. The number of carbonyl (C=O) groups is 2. The van der Waals surface area contributed by atoms with Crippen molar-refractivity contribution in [2.45, 2.75) is 13.0 Å². The van der Waals surface area contributed by atoms with Gasteiger partial charge in [-0.2, -0.15) is 11.8 Å². The Morgan fingerprint density at radius 1 is 1.11 bits per heavy atom. The van der Waals surface area contributed by atoms with Crippen LogP contribution in [0.5, 0.6) is 5.75 Å². The van der Waals surface area contributed by atoms with Gasteiger partial charge in [0.15, 0.2) is 6.61 Å². The zero-order valence-electron chi connectivity index (χ0n) is 15.3. The van der Waals surface area contributed by atoms with E-state index in [1.807, 2.05) is 54.6 Å². The van der Waals surface area contributed by atoms with Crippen LogP contribution in [0.1, 0.15) is 6.92 Å². The molecule has 1 aliphatic heterocycles. The Morgan fingerprint density at radius 3 is 2.63 bits per heavy atom. The number of rotatable bonds is 6. The molecule has 0 aromatic heterocycles. The predicted molar refractivity (Wildman–Crippen MR) is 107 cm³/mol. The standard InChI is InChI=1S/C21H23NO4S/c1-2-25-21(24)18-15-27-13-12-22(18)20(23)14-26-19-11-7-6-10-17(19)16-8-4-3-5-9-16/h3-11,18H,2,12-15H2,1H3. The molecule has 1 saturated heterocycles. The maximum absolute atomic E-state index is 12.7. The zero-order chi connectivity index (χ0) is 19.1. The van der Waals surface area contributed by atoms with Gasteiger partial charge in [-0.3, -0.25) is 4.79 Å². The van der Waals surface area contributed by atoms with Crippen molar-refractivity contribution >= 4 is 23.6 Å². The Hall–Kier alpha value is -2.47. The van der Waals surface area contributed by atoms with Crippen LogP contribution >= 0.6 is 11.8 Å². The lowest BCUT2D eigenvalue weighted by atomic mass is 10.1. The molecule has 1 unspecified atom stereocenters. The van der Waals surface area contributed by atoms with Gasteiger partial charge in [0.05, 0.1) is 6.61 Å². The molecule has 5 nitrogen and oxygen atoms in total. The molecule has 6 heteroatoms. The van der Waals surface area contributed by atoms with Crippen LogP contribution in [0.4, 0.5) is 0 Å². The van der Waals surface area contributed by atoms with Crippen molar-refractivity contribution in [3.63, 3.8) is 0 Å². The molecule has 2 aromatic rings. The van der Waals surface area contributed by atoms with Crippen molar-refractivity contribution < 1.29 is 19.1 Å². The third kappa shape index (κ3) is 4.83. The number of hydrogen-bond donors (Lipinski definition) is 0. The topological polar surface area (TPSA) is 55.8 Å². The summed E-state index contributed by atoms with van der Waals surface area (Å²) in [5, 5.41) is 0. The molecule has 0 radical (unpaired) electrons. The summed E-state index contributed by atoms with van der Waals surface area (Å²) in [6, 6.07) is 17.0. The summed E-state index contributed by atoms with van der Waals surface area (Å²) in [5.41, 5.74) is 1.96. The number of esters is 1. The monoisotopic (exact) mass is 385 g/mol. The SMILES string of the molecule is CCOC(=O)C1CSCCN1C(=O)COc1ccccc1-c1ccccc1. The fourth-order valence-electron chi connectivity index (χ4n) is 3.01. The highest BCUT2D eigenvalue weighted by Crippen LogP contribution is 2.29. The third-order valence-corrected chi connectivity index (χ3v) is 5.35. The van der Waals surface area contributed by atoms with Crippen LogP contribution in [0.3, 0.4) is 0 Å². The molecule has 2 aromatic carbocycles. The van der Waals surface area contributed by atoms with Crippen LogP contribution in [-0.2, 0) is 14.3 Å². The third-order valence-electron chi connectivity index (χ3n) is 4.33. The second-order valence-corrected chi connectivity index (χ2v) is 7.23. The summed E-state index contributed by atoms with van der Waals surface area (Å²) in [6.45, 7) is 2.49. The fraction of sp³-hybridized carbons (Fsp3) is 0.333. The number of thioether (sulfide) groups is 1. The van der Waals surface area contributed by atoms with Gasteiger partial charge in [0, 0.05) is 23.6 Å². The van der Waals surface area contributed by atoms with Crippen molar-refractivity contribution in [2.75, 3.05) is 31.3 Å². The van der Waals surface area contributed by atoms with Gasteiger partial charge < -0.3 is 14.4 Å². The van der Waals surface area contributed by atoms with Gasteiger partial charge in [-0.15, -0.1) is 0 Å². The summed E-state index contributed by atoms with van der Waals surface area (Å²) < 4.78 is 11.0. The number of para-hydroxylation sites is 1. The van der Waals surface area contributed by atoms with Gasteiger partial charge in [-0.1, -0.05) is 48.5 Å². The lowest BCUT2D eigenvalue weighted by molar-refractivity contribution is -0.154. The lowest BCUT2D eigenvalue weighted by Crippen LogP contribution is -2.52. The Labute approximate surface area is 163 Å². The molecule has 1 fully saturated rings. The first-order valence-electron chi connectivity index (χ1n) is 9.01. The van der Waals surface area contributed by atoms with E-state index in [2.05, 4.69) is 0 Å². The molecule has 142 valence electrons. The van der Waals surface area contributed by atoms with Gasteiger partial charge in [0.2, 0.25) is 0 Å². The molecule has 1 amide bonds. The normalized spacial score (nSPS) is 16.6. The quantitative estimate of drug-likeness (QED) is 0.715. The number of nitrogens with zero attached hydrogens (tertiary/aromatic N) is 1. The maximum atomic E-state index is 12.7. The van der Waals surface area contributed by atoms with E-state index < -0.39 is 6.04 Å². The molecule has 1 atom stereocenters. The highest BCUT2D eigenvalue weighted by Gasteiger charge is 2.33. The van der Waals surface area contributed by atoms with Gasteiger partial charge in [-0.05, 0) is 18.6 Å². The fourth-order valence-corrected chi connectivity index (χ4v) is 4.04. The number of hydrogen-bond acceptors (Lipinski definition) is 5. The highest BCUT2D eigenvalue weighted by molar-refractivity contribution is 7.99. The number of benzene rings is 2. The average molecular weight is 385 g/mol. The van der Waals surface area contributed by atoms with E-state index in [9.17, 15) is 9.59 Å². The molecule has 0 spiro atoms. The summed E-state index contributed by atoms with van der Waals surface area (Å²) in [4.78, 5) is 26.5. The van der Waals surface area contributed by atoms with E-state index in [0.717, 1.165) is 16.9 Å².